The summed E-state index contributed by atoms with van der Waals surface area (Å²) < 4.78 is 0. The van der Waals surface area contributed by atoms with E-state index in [1.165, 1.54) is 35.0 Å². The molecular weight excluding hydrogens is 452 g/mol. The van der Waals surface area contributed by atoms with Crippen molar-refractivity contribution in [2.45, 2.75) is 70.7 Å². The first-order valence-corrected chi connectivity index (χ1v) is 13.3. The minimum Gasteiger partial charge on any atom is -0.326 e. The molecule has 6 nitrogen and oxygen atoms in total. The first-order valence-electron chi connectivity index (χ1n) is 11.5. The average molecular weight is 483 g/mol. The van der Waals surface area contributed by atoms with Crippen LogP contribution in [0.5, 0.6) is 0 Å². The van der Waals surface area contributed by atoms with Gasteiger partial charge in [-0.15, -0.1) is 11.3 Å². The Kier molecular flexibility index (Phi) is 7.34. The monoisotopic (exact) mass is 482 g/mol. The number of aromatic nitrogens is 2. The van der Waals surface area contributed by atoms with Crippen molar-refractivity contribution in [3.63, 3.8) is 0 Å². The first-order chi connectivity index (χ1) is 15.9. The zero-order chi connectivity index (χ0) is 23.5. The van der Waals surface area contributed by atoms with Crippen molar-refractivity contribution in [3.05, 3.63) is 40.0 Å². The van der Waals surface area contributed by atoms with E-state index in [0.717, 1.165) is 45.2 Å². The van der Waals surface area contributed by atoms with Gasteiger partial charge in [0.15, 0.2) is 0 Å². The summed E-state index contributed by atoms with van der Waals surface area (Å²) >= 11 is 3.27. The number of nitrogens with zero attached hydrogens (tertiary/aromatic N) is 2. The van der Waals surface area contributed by atoms with Gasteiger partial charge in [-0.2, -0.15) is 0 Å². The van der Waals surface area contributed by atoms with Crippen molar-refractivity contribution in [3.8, 4) is 0 Å². The molecule has 33 heavy (non-hydrogen) atoms. The van der Waals surface area contributed by atoms with Gasteiger partial charge in [0.1, 0.15) is 15.7 Å². The second-order valence-electron chi connectivity index (χ2n) is 8.70. The van der Waals surface area contributed by atoms with Crippen LogP contribution in [-0.4, -0.2) is 27.5 Å². The molecule has 4 rings (SSSR count). The van der Waals surface area contributed by atoms with E-state index in [1.807, 2.05) is 26.0 Å². The van der Waals surface area contributed by atoms with Gasteiger partial charge in [0.05, 0.1) is 5.75 Å². The summed E-state index contributed by atoms with van der Waals surface area (Å²) in [7, 11) is 0. The van der Waals surface area contributed by atoms with E-state index in [4.69, 9.17) is 9.97 Å². The maximum absolute atomic E-state index is 12.8. The number of carbonyl (C=O) groups excluding carboxylic acids is 2. The van der Waals surface area contributed by atoms with Crippen LogP contribution in [-0.2, 0) is 22.4 Å². The van der Waals surface area contributed by atoms with Crippen molar-refractivity contribution in [1.82, 2.24) is 9.97 Å². The Morgan fingerprint density at radius 1 is 1.12 bits per heavy atom. The Balaban J connectivity index is 1.52. The predicted octanol–water partition coefficient (Wildman–Crippen LogP) is 6.08. The number of nitrogens with one attached hydrogen (secondary N) is 2. The minimum absolute atomic E-state index is 0.0510. The SMILES string of the molecule is CCC(=O)Nc1cc(NC(=O)CSc2nc(C(C)C)nc3sc4c(c23)CCCC4)ccc1C. The van der Waals surface area contributed by atoms with Crippen LogP contribution in [0, 0.1) is 6.92 Å². The van der Waals surface area contributed by atoms with Crippen molar-refractivity contribution in [2.24, 2.45) is 0 Å². The second-order valence-corrected chi connectivity index (χ2v) is 10.7. The first kappa shape index (κ1) is 23.7. The lowest BCUT2D eigenvalue weighted by molar-refractivity contribution is -0.116. The quantitative estimate of drug-likeness (QED) is 0.315. The lowest BCUT2D eigenvalue weighted by atomic mass is 9.97. The highest BCUT2D eigenvalue weighted by atomic mass is 32.2. The van der Waals surface area contributed by atoms with Gasteiger partial charge in [0, 0.05) is 34.0 Å². The molecular formula is C25H30N4O2S2. The maximum Gasteiger partial charge on any atom is 0.234 e. The molecule has 0 aliphatic heterocycles. The molecule has 8 heteroatoms. The highest BCUT2D eigenvalue weighted by Gasteiger charge is 2.22. The van der Waals surface area contributed by atoms with E-state index in [-0.39, 0.29) is 23.5 Å². The molecule has 0 unspecified atom stereocenters. The summed E-state index contributed by atoms with van der Waals surface area (Å²) in [4.78, 5) is 36.7. The molecule has 1 aliphatic carbocycles. The second kappa shape index (κ2) is 10.2. The summed E-state index contributed by atoms with van der Waals surface area (Å²) in [5, 5.41) is 7.91. The summed E-state index contributed by atoms with van der Waals surface area (Å²) in [6.45, 7) is 7.94. The number of amides is 2. The van der Waals surface area contributed by atoms with Crippen LogP contribution < -0.4 is 10.6 Å². The molecule has 0 saturated heterocycles. The fourth-order valence-electron chi connectivity index (χ4n) is 3.91. The molecule has 2 aromatic heterocycles. The molecule has 1 aliphatic rings. The van der Waals surface area contributed by atoms with E-state index in [9.17, 15) is 9.59 Å². The molecule has 0 bridgehead atoms. The van der Waals surface area contributed by atoms with Gasteiger partial charge in [-0.05, 0) is 55.9 Å². The van der Waals surface area contributed by atoms with Crippen molar-refractivity contribution < 1.29 is 9.59 Å². The van der Waals surface area contributed by atoms with E-state index < -0.39 is 0 Å². The van der Waals surface area contributed by atoms with Crippen LogP contribution in [0.4, 0.5) is 11.4 Å². The molecule has 0 fully saturated rings. The minimum atomic E-state index is -0.0985. The number of fused-ring (bicyclic) bond motifs is 3. The Hall–Kier alpha value is -2.45. The predicted molar refractivity (Wildman–Crippen MR) is 138 cm³/mol. The van der Waals surface area contributed by atoms with Crippen LogP contribution in [0.15, 0.2) is 23.2 Å². The number of aryl methyl sites for hydroxylation is 3. The van der Waals surface area contributed by atoms with E-state index >= 15 is 0 Å². The molecule has 3 aromatic rings. The number of hydrogen-bond donors (Lipinski definition) is 2. The lowest BCUT2D eigenvalue weighted by Gasteiger charge is -2.13. The van der Waals surface area contributed by atoms with Crippen LogP contribution in [0.1, 0.15) is 67.8 Å². The molecule has 0 radical (unpaired) electrons. The summed E-state index contributed by atoms with van der Waals surface area (Å²) in [6.07, 6.45) is 5.01. The fraction of sp³-hybridized carbons (Fsp3) is 0.440. The molecule has 0 atom stereocenters. The molecule has 2 amide bonds. The summed E-state index contributed by atoms with van der Waals surface area (Å²) in [6, 6.07) is 5.56. The van der Waals surface area contributed by atoms with Crippen LogP contribution >= 0.6 is 23.1 Å². The zero-order valence-electron chi connectivity index (χ0n) is 19.6. The molecule has 1 aromatic carbocycles. The van der Waals surface area contributed by atoms with Crippen LogP contribution in [0.3, 0.4) is 0 Å². The number of hydrogen-bond acceptors (Lipinski definition) is 6. The van der Waals surface area contributed by atoms with Gasteiger partial charge in [-0.3, -0.25) is 9.59 Å². The topological polar surface area (TPSA) is 84.0 Å². The third-order valence-corrected chi connectivity index (χ3v) is 7.93. The molecule has 0 spiro atoms. The smallest absolute Gasteiger partial charge is 0.234 e. The number of rotatable bonds is 7. The number of thioether (sulfide) groups is 1. The van der Waals surface area contributed by atoms with Crippen molar-refractivity contribution >= 4 is 56.5 Å². The van der Waals surface area contributed by atoms with Crippen LogP contribution in [0.2, 0.25) is 0 Å². The Labute approximate surface area is 203 Å². The zero-order valence-corrected chi connectivity index (χ0v) is 21.2. The molecule has 174 valence electrons. The van der Waals surface area contributed by atoms with Gasteiger partial charge in [-0.1, -0.05) is 38.6 Å². The van der Waals surface area contributed by atoms with Gasteiger partial charge < -0.3 is 10.6 Å². The highest BCUT2D eigenvalue weighted by molar-refractivity contribution is 8.00. The number of anilines is 2. The Morgan fingerprint density at radius 2 is 1.91 bits per heavy atom. The van der Waals surface area contributed by atoms with Gasteiger partial charge >= 0.3 is 0 Å². The Morgan fingerprint density at radius 3 is 2.67 bits per heavy atom. The lowest BCUT2D eigenvalue weighted by Crippen LogP contribution is -2.15. The fourth-order valence-corrected chi connectivity index (χ4v) is 6.10. The third-order valence-electron chi connectivity index (χ3n) is 5.77. The van der Waals surface area contributed by atoms with E-state index in [2.05, 4.69) is 24.5 Å². The molecule has 2 heterocycles. The molecule has 0 saturated carbocycles. The van der Waals surface area contributed by atoms with E-state index in [1.54, 1.807) is 17.4 Å². The van der Waals surface area contributed by atoms with E-state index in [0.29, 0.717) is 12.1 Å². The number of benzene rings is 1. The van der Waals surface area contributed by atoms with Crippen LogP contribution in [0.25, 0.3) is 10.2 Å². The molecule has 2 N–H and O–H groups in total. The standard InChI is InChI=1S/C25H30N4O2S2/c1-5-20(30)27-18-12-16(11-10-15(18)4)26-21(31)13-32-24-22-17-8-6-7-9-19(17)33-25(22)29-23(28-24)14(2)3/h10-12,14H,5-9,13H2,1-4H3,(H,26,31)(H,27,30). The van der Waals surface area contributed by atoms with Crippen molar-refractivity contribution in [1.29, 1.82) is 0 Å². The average Bonchev–Trinajstić information content (AvgIpc) is 3.18. The van der Waals surface area contributed by atoms with Gasteiger partial charge in [0.25, 0.3) is 0 Å². The third kappa shape index (κ3) is 5.38. The summed E-state index contributed by atoms with van der Waals surface area (Å²) in [5.41, 5.74) is 3.72. The van der Waals surface area contributed by atoms with Gasteiger partial charge in [0.2, 0.25) is 11.8 Å². The normalized spacial score (nSPS) is 13.2. The largest absolute Gasteiger partial charge is 0.326 e. The summed E-state index contributed by atoms with van der Waals surface area (Å²) in [5.74, 6) is 1.17. The maximum atomic E-state index is 12.8. The highest BCUT2D eigenvalue weighted by Crippen LogP contribution is 2.40. The number of carbonyl (C=O) groups is 2. The number of thiophene rings is 1. The Bertz CT molecular complexity index is 1200. The van der Waals surface area contributed by atoms with Gasteiger partial charge in [-0.25, -0.2) is 9.97 Å². The van der Waals surface area contributed by atoms with Crippen molar-refractivity contribution in [2.75, 3.05) is 16.4 Å².